The molecule has 1 aromatic heterocycles. The van der Waals surface area contributed by atoms with Crippen molar-refractivity contribution >= 4 is 16.5 Å². The van der Waals surface area contributed by atoms with Crippen molar-refractivity contribution in [2.75, 3.05) is 5.73 Å². The number of hydrogen-bond acceptors (Lipinski definition) is 4. The van der Waals surface area contributed by atoms with Crippen LogP contribution in [0, 0.1) is 11.3 Å². The van der Waals surface area contributed by atoms with E-state index in [1.54, 1.807) is 0 Å². The molecular formula is C11H9N3S. The zero-order valence-electron chi connectivity index (χ0n) is 7.97. The molecule has 0 saturated heterocycles. The summed E-state index contributed by atoms with van der Waals surface area (Å²) in [5.41, 5.74) is 8.33. The van der Waals surface area contributed by atoms with Gasteiger partial charge < -0.3 is 5.73 Å². The number of nitrogens with two attached hydrogens (primary N) is 1. The average molecular weight is 215 g/mol. The molecule has 3 nitrogen and oxygen atoms in total. The van der Waals surface area contributed by atoms with E-state index in [0.717, 1.165) is 17.7 Å². The van der Waals surface area contributed by atoms with Crippen molar-refractivity contribution in [3.8, 4) is 6.07 Å². The zero-order valence-corrected chi connectivity index (χ0v) is 8.79. The van der Waals surface area contributed by atoms with E-state index in [1.165, 1.54) is 11.3 Å². The molecule has 0 aliphatic heterocycles. The van der Waals surface area contributed by atoms with Crippen LogP contribution in [0.2, 0.25) is 0 Å². The van der Waals surface area contributed by atoms with Crippen LogP contribution in [0.25, 0.3) is 0 Å². The maximum absolute atomic E-state index is 8.64. The van der Waals surface area contributed by atoms with E-state index < -0.39 is 0 Å². The first kappa shape index (κ1) is 9.69. The molecule has 0 aliphatic rings. The minimum atomic E-state index is 0.596. The number of benzene rings is 1. The lowest BCUT2D eigenvalue weighted by atomic mass is 10.1. The zero-order chi connectivity index (χ0) is 10.7. The first-order valence-corrected chi connectivity index (χ1v) is 5.35. The molecule has 0 atom stereocenters. The molecule has 15 heavy (non-hydrogen) atoms. The number of thiazole rings is 1. The van der Waals surface area contributed by atoms with Crippen LogP contribution >= 0.6 is 11.3 Å². The Morgan fingerprint density at radius 1 is 1.33 bits per heavy atom. The minimum Gasteiger partial charge on any atom is -0.375 e. The molecule has 0 aliphatic carbocycles. The van der Waals surface area contributed by atoms with Crippen LogP contribution in [0.3, 0.4) is 0 Å². The number of nitrogens with zero attached hydrogens (tertiary/aromatic N) is 2. The van der Waals surface area contributed by atoms with Crippen LogP contribution < -0.4 is 5.73 Å². The Labute approximate surface area is 91.8 Å². The summed E-state index contributed by atoms with van der Waals surface area (Å²) < 4.78 is 0. The average Bonchev–Trinajstić information content (AvgIpc) is 2.65. The van der Waals surface area contributed by atoms with Gasteiger partial charge in [-0.2, -0.15) is 5.26 Å². The second kappa shape index (κ2) is 4.11. The normalized spacial score (nSPS) is 9.80. The van der Waals surface area contributed by atoms with Gasteiger partial charge in [0.2, 0.25) is 0 Å². The van der Waals surface area contributed by atoms with Crippen molar-refractivity contribution in [3.63, 3.8) is 0 Å². The quantitative estimate of drug-likeness (QED) is 0.835. The van der Waals surface area contributed by atoms with Crippen molar-refractivity contribution < 1.29 is 0 Å². The Morgan fingerprint density at radius 2 is 2.07 bits per heavy atom. The van der Waals surface area contributed by atoms with E-state index in [9.17, 15) is 0 Å². The van der Waals surface area contributed by atoms with E-state index in [0.29, 0.717) is 10.7 Å². The third-order valence-corrected chi connectivity index (χ3v) is 2.76. The summed E-state index contributed by atoms with van der Waals surface area (Å²) in [5.74, 6) is 0. The predicted molar refractivity (Wildman–Crippen MR) is 60.5 cm³/mol. The highest BCUT2D eigenvalue weighted by molar-refractivity contribution is 7.13. The summed E-state index contributed by atoms with van der Waals surface area (Å²) in [4.78, 5) is 4.18. The number of aromatic nitrogens is 1. The lowest BCUT2D eigenvalue weighted by molar-refractivity contribution is 1.11. The molecule has 2 rings (SSSR count). The van der Waals surface area contributed by atoms with Crippen molar-refractivity contribution in [1.29, 1.82) is 5.26 Å². The standard InChI is InChI=1S/C11H9N3S/c12-6-9-3-1-8(2-4-9)5-10-7-15-11(13)14-10/h1-4,7H,5H2,(H2,13,14). The van der Waals surface area contributed by atoms with Crippen molar-refractivity contribution in [2.45, 2.75) is 6.42 Å². The highest BCUT2D eigenvalue weighted by atomic mass is 32.1. The molecule has 1 heterocycles. The van der Waals surface area contributed by atoms with Crippen LogP contribution in [-0.2, 0) is 6.42 Å². The molecule has 0 fully saturated rings. The van der Waals surface area contributed by atoms with Crippen LogP contribution in [0.5, 0.6) is 0 Å². The number of hydrogen-bond donors (Lipinski definition) is 1. The maximum Gasteiger partial charge on any atom is 0.180 e. The minimum absolute atomic E-state index is 0.596. The van der Waals surface area contributed by atoms with E-state index >= 15 is 0 Å². The Bertz CT molecular complexity index is 493. The van der Waals surface area contributed by atoms with Crippen molar-refractivity contribution in [2.24, 2.45) is 0 Å². The van der Waals surface area contributed by atoms with Gasteiger partial charge in [-0.3, -0.25) is 0 Å². The smallest absolute Gasteiger partial charge is 0.180 e. The first-order chi connectivity index (χ1) is 7.28. The largest absolute Gasteiger partial charge is 0.375 e. The highest BCUT2D eigenvalue weighted by Gasteiger charge is 2.00. The molecule has 2 aromatic rings. The molecule has 1 aromatic carbocycles. The fourth-order valence-electron chi connectivity index (χ4n) is 1.31. The molecule has 74 valence electrons. The predicted octanol–water partition coefficient (Wildman–Crippen LogP) is 2.19. The number of nitriles is 1. The molecule has 0 bridgehead atoms. The van der Waals surface area contributed by atoms with Crippen LogP contribution in [0.1, 0.15) is 16.8 Å². The summed E-state index contributed by atoms with van der Waals surface area (Å²) in [6, 6.07) is 9.59. The van der Waals surface area contributed by atoms with Gasteiger partial charge in [0.05, 0.1) is 17.3 Å². The van der Waals surface area contributed by atoms with E-state index in [4.69, 9.17) is 11.0 Å². The van der Waals surface area contributed by atoms with Crippen molar-refractivity contribution in [1.82, 2.24) is 4.98 Å². The number of rotatable bonds is 2. The fraction of sp³-hybridized carbons (Fsp3) is 0.0909. The maximum atomic E-state index is 8.64. The van der Waals surface area contributed by atoms with Gasteiger partial charge in [0.15, 0.2) is 5.13 Å². The SMILES string of the molecule is N#Cc1ccc(Cc2csc(N)n2)cc1. The Hall–Kier alpha value is -1.86. The highest BCUT2D eigenvalue weighted by Crippen LogP contribution is 2.15. The van der Waals surface area contributed by atoms with Gasteiger partial charge in [0.1, 0.15) is 0 Å². The summed E-state index contributed by atoms with van der Waals surface area (Å²) in [5, 5.41) is 11.2. The van der Waals surface area contributed by atoms with Gasteiger partial charge in [-0.05, 0) is 17.7 Å². The molecule has 0 spiro atoms. The van der Waals surface area contributed by atoms with Crippen LogP contribution in [0.4, 0.5) is 5.13 Å². The molecule has 0 amide bonds. The second-order valence-electron chi connectivity index (χ2n) is 3.16. The van der Waals surface area contributed by atoms with Gasteiger partial charge >= 0.3 is 0 Å². The lowest BCUT2D eigenvalue weighted by Crippen LogP contribution is -1.90. The summed E-state index contributed by atoms with van der Waals surface area (Å²) >= 11 is 1.45. The second-order valence-corrected chi connectivity index (χ2v) is 4.05. The van der Waals surface area contributed by atoms with E-state index in [-0.39, 0.29) is 0 Å². The third kappa shape index (κ3) is 2.33. The van der Waals surface area contributed by atoms with Gasteiger partial charge in [0.25, 0.3) is 0 Å². The first-order valence-electron chi connectivity index (χ1n) is 4.47. The Balaban J connectivity index is 2.15. The Morgan fingerprint density at radius 3 is 2.60 bits per heavy atom. The van der Waals surface area contributed by atoms with Crippen LogP contribution in [0.15, 0.2) is 29.6 Å². The van der Waals surface area contributed by atoms with Crippen molar-refractivity contribution in [3.05, 3.63) is 46.5 Å². The third-order valence-electron chi connectivity index (χ3n) is 2.04. The topological polar surface area (TPSA) is 62.7 Å². The van der Waals surface area contributed by atoms with E-state index in [1.807, 2.05) is 29.6 Å². The van der Waals surface area contributed by atoms with Crippen LogP contribution in [-0.4, -0.2) is 4.98 Å². The molecule has 2 N–H and O–H groups in total. The fourth-order valence-corrected chi connectivity index (χ4v) is 1.87. The number of anilines is 1. The number of nitrogen functional groups attached to an aromatic ring is 1. The van der Waals surface area contributed by atoms with Gasteiger partial charge in [-0.15, -0.1) is 11.3 Å². The summed E-state index contributed by atoms with van der Waals surface area (Å²) in [7, 11) is 0. The molecule has 0 radical (unpaired) electrons. The van der Waals surface area contributed by atoms with Gasteiger partial charge in [-0.25, -0.2) is 4.98 Å². The lowest BCUT2D eigenvalue weighted by Gasteiger charge is -1.97. The monoisotopic (exact) mass is 215 g/mol. The summed E-state index contributed by atoms with van der Waals surface area (Å²) in [6.07, 6.45) is 0.763. The summed E-state index contributed by atoms with van der Waals surface area (Å²) in [6.45, 7) is 0. The molecular weight excluding hydrogens is 206 g/mol. The van der Waals surface area contributed by atoms with Gasteiger partial charge in [0, 0.05) is 11.8 Å². The van der Waals surface area contributed by atoms with E-state index in [2.05, 4.69) is 11.1 Å². The van der Waals surface area contributed by atoms with Gasteiger partial charge in [-0.1, -0.05) is 12.1 Å². The Kier molecular flexibility index (Phi) is 2.66. The molecule has 0 saturated carbocycles. The molecule has 4 heteroatoms. The molecule has 0 unspecified atom stereocenters.